The molecule has 6 rings (SSSR count). The summed E-state index contributed by atoms with van der Waals surface area (Å²) in [5.74, 6) is 1.24. The van der Waals surface area contributed by atoms with Gasteiger partial charge in [-0.05, 0) is 36.8 Å². The smallest absolute Gasteiger partial charge is 0.150 e. The average molecular weight is 481 g/mol. The van der Waals surface area contributed by atoms with Crippen molar-refractivity contribution in [3.8, 4) is 11.4 Å². The molecule has 1 aliphatic heterocycles. The third-order valence-corrected chi connectivity index (χ3v) is 6.61. The predicted octanol–water partition coefficient (Wildman–Crippen LogP) is 3.50. The van der Waals surface area contributed by atoms with E-state index in [9.17, 15) is 0 Å². The molecule has 0 atom stereocenters. The summed E-state index contributed by atoms with van der Waals surface area (Å²) in [6, 6.07) is 12.4. The molecule has 5 heterocycles. The summed E-state index contributed by atoms with van der Waals surface area (Å²) in [6.07, 6.45) is 7.90. The van der Waals surface area contributed by atoms with Gasteiger partial charge in [-0.3, -0.25) is 14.5 Å². The number of benzene rings is 1. The number of aryl methyl sites for hydroxylation is 1. The molecule has 3 N–H and O–H groups in total. The van der Waals surface area contributed by atoms with Crippen LogP contribution in [0.3, 0.4) is 0 Å². The van der Waals surface area contributed by atoms with Crippen LogP contribution in [-0.4, -0.2) is 50.7 Å². The highest BCUT2D eigenvalue weighted by Crippen LogP contribution is 2.30. The molecule has 0 saturated carbocycles. The predicted molar refractivity (Wildman–Crippen MR) is 142 cm³/mol. The second-order valence-corrected chi connectivity index (χ2v) is 8.92. The first kappa shape index (κ1) is 22.2. The van der Waals surface area contributed by atoms with Crippen LogP contribution in [0.2, 0.25) is 0 Å². The summed E-state index contributed by atoms with van der Waals surface area (Å²) in [5, 5.41) is 5.40. The first-order valence-electron chi connectivity index (χ1n) is 12.2. The minimum Gasteiger partial charge on any atom is -0.489 e. The summed E-state index contributed by atoms with van der Waals surface area (Å²) in [7, 11) is 0. The van der Waals surface area contributed by atoms with Crippen molar-refractivity contribution in [2.24, 2.45) is 0 Å². The molecule has 1 saturated heterocycles. The Kier molecular flexibility index (Phi) is 5.82. The zero-order valence-electron chi connectivity index (χ0n) is 20.2. The second-order valence-electron chi connectivity index (χ2n) is 8.92. The SMILES string of the molecule is CCc1cc(N2CCNCC2)c2ccc(OCc3cncc(-n4ccc5c(N)ncnc54)c3)cc2n1. The van der Waals surface area contributed by atoms with Crippen LogP contribution in [0.5, 0.6) is 5.75 Å². The minimum absolute atomic E-state index is 0.390. The number of nitrogens with one attached hydrogen (secondary N) is 1. The first-order chi connectivity index (χ1) is 17.7. The number of nitrogens with zero attached hydrogens (tertiary/aromatic N) is 6. The standard InChI is InChI=1S/C27H28N8O/c1-2-19-12-25(34-9-6-29-7-10-34)22-4-3-21(13-24(22)33-19)36-16-18-11-20(15-30-14-18)35-8-5-23-26(28)31-17-32-27(23)35/h3-5,8,11-15,17,29H,2,6-7,9-10,16H2,1H3,(H2,28,31,32). The molecule has 0 aliphatic carbocycles. The largest absolute Gasteiger partial charge is 0.489 e. The van der Waals surface area contributed by atoms with Crippen molar-refractivity contribution in [2.45, 2.75) is 20.0 Å². The van der Waals surface area contributed by atoms with E-state index in [2.05, 4.69) is 44.2 Å². The Balaban J connectivity index is 1.25. The van der Waals surface area contributed by atoms with E-state index < -0.39 is 0 Å². The highest BCUT2D eigenvalue weighted by atomic mass is 16.5. The normalized spacial score (nSPS) is 14.0. The molecule has 0 bridgehead atoms. The Bertz CT molecular complexity index is 1540. The number of anilines is 2. The zero-order chi connectivity index (χ0) is 24.5. The lowest BCUT2D eigenvalue weighted by atomic mass is 10.1. The van der Waals surface area contributed by atoms with Gasteiger partial charge in [0.15, 0.2) is 0 Å². The lowest BCUT2D eigenvalue weighted by Crippen LogP contribution is -2.43. The lowest BCUT2D eigenvalue weighted by molar-refractivity contribution is 0.306. The van der Waals surface area contributed by atoms with E-state index in [0.717, 1.165) is 77.2 Å². The number of fused-ring (bicyclic) bond motifs is 2. The quantitative estimate of drug-likeness (QED) is 0.380. The van der Waals surface area contributed by atoms with Gasteiger partial charge in [-0.1, -0.05) is 6.92 Å². The Labute approximate surface area is 209 Å². The summed E-state index contributed by atoms with van der Waals surface area (Å²) >= 11 is 0. The molecule has 182 valence electrons. The molecule has 36 heavy (non-hydrogen) atoms. The highest BCUT2D eigenvalue weighted by Gasteiger charge is 2.16. The molecule has 1 fully saturated rings. The Morgan fingerprint density at radius 3 is 2.78 bits per heavy atom. The first-order valence-corrected chi connectivity index (χ1v) is 12.2. The van der Waals surface area contributed by atoms with E-state index in [1.165, 1.54) is 12.0 Å². The Morgan fingerprint density at radius 1 is 1.03 bits per heavy atom. The van der Waals surface area contributed by atoms with Crippen molar-refractivity contribution in [1.29, 1.82) is 0 Å². The maximum absolute atomic E-state index is 6.18. The summed E-state index contributed by atoms with van der Waals surface area (Å²) < 4.78 is 8.13. The van der Waals surface area contributed by atoms with Crippen LogP contribution in [0.4, 0.5) is 11.5 Å². The van der Waals surface area contributed by atoms with E-state index in [1.807, 2.05) is 41.2 Å². The van der Waals surface area contributed by atoms with Crippen LogP contribution < -0.4 is 20.7 Å². The third kappa shape index (κ3) is 4.18. The lowest BCUT2D eigenvalue weighted by Gasteiger charge is -2.30. The maximum Gasteiger partial charge on any atom is 0.150 e. The van der Waals surface area contributed by atoms with Gasteiger partial charge in [-0.15, -0.1) is 0 Å². The molecular formula is C27H28N8O. The van der Waals surface area contributed by atoms with Gasteiger partial charge in [0.25, 0.3) is 0 Å². The number of nitrogen functional groups attached to an aromatic ring is 1. The topological polar surface area (TPSA) is 107 Å². The average Bonchev–Trinajstić information content (AvgIpc) is 3.37. The van der Waals surface area contributed by atoms with Crippen molar-refractivity contribution in [2.75, 3.05) is 36.8 Å². The number of ether oxygens (including phenoxy) is 1. The molecule has 0 unspecified atom stereocenters. The van der Waals surface area contributed by atoms with Gasteiger partial charge >= 0.3 is 0 Å². The van der Waals surface area contributed by atoms with Crippen LogP contribution >= 0.6 is 0 Å². The van der Waals surface area contributed by atoms with Crippen molar-refractivity contribution in [3.63, 3.8) is 0 Å². The van der Waals surface area contributed by atoms with E-state index in [-0.39, 0.29) is 0 Å². The van der Waals surface area contributed by atoms with Gasteiger partial charge in [0.1, 0.15) is 30.1 Å². The van der Waals surface area contributed by atoms with Crippen molar-refractivity contribution in [3.05, 3.63) is 72.6 Å². The molecule has 0 spiro atoms. The van der Waals surface area contributed by atoms with Gasteiger partial charge in [0.05, 0.1) is 22.8 Å². The fourth-order valence-electron chi connectivity index (χ4n) is 4.71. The van der Waals surface area contributed by atoms with Gasteiger partial charge in [-0.25, -0.2) is 9.97 Å². The van der Waals surface area contributed by atoms with Gasteiger partial charge in [0.2, 0.25) is 0 Å². The van der Waals surface area contributed by atoms with Crippen LogP contribution in [-0.2, 0) is 13.0 Å². The minimum atomic E-state index is 0.390. The van der Waals surface area contributed by atoms with Crippen LogP contribution in [0.25, 0.3) is 27.6 Å². The molecule has 0 radical (unpaired) electrons. The van der Waals surface area contributed by atoms with E-state index in [4.69, 9.17) is 15.5 Å². The maximum atomic E-state index is 6.18. The third-order valence-electron chi connectivity index (χ3n) is 6.61. The van der Waals surface area contributed by atoms with Crippen molar-refractivity contribution >= 4 is 33.4 Å². The fraction of sp³-hybridized carbons (Fsp3) is 0.259. The molecule has 9 nitrogen and oxygen atoms in total. The van der Waals surface area contributed by atoms with Gasteiger partial charge < -0.3 is 20.7 Å². The number of rotatable bonds is 6. The monoisotopic (exact) mass is 480 g/mol. The second kappa shape index (κ2) is 9.43. The van der Waals surface area contributed by atoms with Crippen LogP contribution in [0, 0.1) is 0 Å². The molecule has 9 heteroatoms. The molecule has 0 amide bonds. The summed E-state index contributed by atoms with van der Waals surface area (Å²) in [4.78, 5) is 20.2. The van der Waals surface area contributed by atoms with E-state index in [0.29, 0.717) is 12.4 Å². The van der Waals surface area contributed by atoms with E-state index >= 15 is 0 Å². The number of hydrogen-bond donors (Lipinski definition) is 2. The molecule has 5 aromatic rings. The van der Waals surface area contributed by atoms with Crippen LogP contribution in [0.1, 0.15) is 18.2 Å². The number of piperazine rings is 1. The van der Waals surface area contributed by atoms with Crippen LogP contribution in [0.15, 0.2) is 61.3 Å². The summed E-state index contributed by atoms with van der Waals surface area (Å²) in [5.41, 5.74) is 11.9. The van der Waals surface area contributed by atoms with Crippen molar-refractivity contribution in [1.82, 2.24) is 29.8 Å². The summed E-state index contributed by atoms with van der Waals surface area (Å²) in [6.45, 7) is 6.53. The molecule has 1 aliphatic rings. The Morgan fingerprint density at radius 2 is 1.92 bits per heavy atom. The Hall–Kier alpha value is -4.24. The number of hydrogen-bond acceptors (Lipinski definition) is 8. The van der Waals surface area contributed by atoms with Gasteiger partial charge in [0, 0.05) is 67.0 Å². The fourth-order valence-corrected chi connectivity index (χ4v) is 4.71. The number of nitrogens with two attached hydrogens (primary N) is 1. The molecule has 1 aromatic carbocycles. The molecular weight excluding hydrogens is 452 g/mol. The van der Waals surface area contributed by atoms with Crippen molar-refractivity contribution < 1.29 is 4.74 Å². The van der Waals surface area contributed by atoms with Gasteiger partial charge in [-0.2, -0.15) is 0 Å². The number of pyridine rings is 2. The van der Waals surface area contributed by atoms with E-state index in [1.54, 1.807) is 6.20 Å². The zero-order valence-corrected chi connectivity index (χ0v) is 20.2. The number of aromatic nitrogens is 5. The molecule has 4 aromatic heterocycles. The highest BCUT2D eigenvalue weighted by molar-refractivity contribution is 5.93.